The van der Waals surface area contributed by atoms with Crippen molar-refractivity contribution in [2.75, 3.05) is 18.5 Å². The van der Waals surface area contributed by atoms with Gasteiger partial charge in [-0.15, -0.1) is 11.3 Å². The Morgan fingerprint density at radius 3 is 2.58 bits per heavy atom. The number of halogens is 1. The molecule has 0 amide bonds. The van der Waals surface area contributed by atoms with Crippen LogP contribution in [-0.2, 0) is 10.0 Å². The Kier molecular flexibility index (Phi) is 6.87. The lowest BCUT2D eigenvalue weighted by Gasteiger charge is -2.20. The van der Waals surface area contributed by atoms with Crippen molar-refractivity contribution in [2.24, 2.45) is 5.10 Å². The SMILES string of the molecule is CCN(CC)S(=O)(=O)c1cc([N+](=O)[O-])ccc1N/N=C/c1cc(Br)cs1. The first-order valence-electron chi connectivity index (χ1n) is 7.61. The molecule has 140 valence electrons. The van der Waals surface area contributed by atoms with Crippen LogP contribution in [0.5, 0.6) is 0 Å². The highest BCUT2D eigenvalue weighted by atomic mass is 79.9. The number of nitrogens with one attached hydrogen (secondary N) is 1. The molecule has 0 aliphatic heterocycles. The van der Waals surface area contributed by atoms with Crippen LogP contribution in [0.15, 0.2) is 44.1 Å². The van der Waals surface area contributed by atoms with Crippen molar-refractivity contribution in [3.8, 4) is 0 Å². The van der Waals surface area contributed by atoms with Crippen molar-refractivity contribution in [3.05, 3.63) is 49.1 Å². The summed E-state index contributed by atoms with van der Waals surface area (Å²) in [7, 11) is -3.89. The minimum atomic E-state index is -3.89. The molecule has 0 fully saturated rings. The summed E-state index contributed by atoms with van der Waals surface area (Å²) in [6.45, 7) is 3.93. The summed E-state index contributed by atoms with van der Waals surface area (Å²) in [6, 6.07) is 5.49. The lowest BCUT2D eigenvalue weighted by molar-refractivity contribution is -0.385. The number of anilines is 1. The van der Waals surface area contributed by atoms with Crippen LogP contribution in [0.2, 0.25) is 0 Å². The van der Waals surface area contributed by atoms with Gasteiger partial charge in [-0.1, -0.05) is 13.8 Å². The van der Waals surface area contributed by atoms with Gasteiger partial charge in [0.15, 0.2) is 0 Å². The summed E-state index contributed by atoms with van der Waals surface area (Å²) in [4.78, 5) is 11.1. The number of rotatable bonds is 8. The first-order valence-corrected chi connectivity index (χ1v) is 10.7. The maximum Gasteiger partial charge on any atom is 0.270 e. The predicted molar refractivity (Wildman–Crippen MR) is 106 cm³/mol. The average molecular weight is 461 g/mol. The normalized spacial score (nSPS) is 12.0. The zero-order valence-corrected chi connectivity index (χ0v) is 17.3. The molecule has 1 aromatic carbocycles. The molecule has 0 saturated carbocycles. The Morgan fingerprint density at radius 1 is 1.35 bits per heavy atom. The molecule has 0 atom stereocenters. The highest BCUT2D eigenvalue weighted by molar-refractivity contribution is 9.10. The molecule has 1 aromatic heterocycles. The number of benzene rings is 1. The van der Waals surface area contributed by atoms with E-state index in [9.17, 15) is 18.5 Å². The average Bonchev–Trinajstić information content (AvgIpc) is 3.01. The molecule has 0 radical (unpaired) electrons. The molecule has 26 heavy (non-hydrogen) atoms. The zero-order valence-electron chi connectivity index (χ0n) is 14.0. The zero-order chi connectivity index (χ0) is 19.3. The molecule has 11 heteroatoms. The van der Waals surface area contributed by atoms with Crippen LogP contribution in [0, 0.1) is 10.1 Å². The molecule has 0 spiro atoms. The van der Waals surface area contributed by atoms with Gasteiger partial charge in [0.05, 0.1) is 16.8 Å². The third-order valence-electron chi connectivity index (χ3n) is 3.46. The van der Waals surface area contributed by atoms with Crippen molar-refractivity contribution >= 4 is 54.9 Å². The number of nitro benzene ring substituents is 1. The van der Waals surface area contributed by atoms with E-state index in [0.29, 0.717) is 0 Å². The maximum atomic E-state index is 12.8. The number of non-ortho nitro benzene ring substituents is 1. The molecule has 0 saturated heterocycles. The highest BCUT2D eigenvalue weighted by Gasteiger charge is 2.27. The first kappa shape index (κ1) is 20.5. The molecular weight excluding hydrogens is 444 g/mol. The number of hydrazone groups is 1. The fourth-order valence-electron chi connectivity index (χ4n) is 2.19. The standard InChI is InChI=1S/C15H17BrN4O4S2/c1-3-19(4-2)26(23,24)15-8-12(20(21)22)5-6-14(15)18-17-9-13-7-11(16)10-25-13/h5-10,18H,3-4H2,1-2H3/b17-9+. The quantitative estimate of drug-likeness (QED) is 0.365. The summed E-state index contributed by atoms with van der Waals surface area (Å²) in [5, 5.41) is 17.0. The van der Waals surface area contributed by atoms with Crippen LogP contribution in [0.1, 0.15) is 18.7 Å². The molecule has 0 unspecified atom stereocenters. The van der Waals surface area contributed by atoms with Crippen molar-refractivity contribution in [2.45, 2.75) is 18.7 Å². The number of hydrogen-bond acceptors (Lipinski definition) is 7. The molecular formula is C15H17BrN4O4S2. The number of sulfonamides is 1. The molecule has 2 rings (SSSR count). The second-order valence-electron chi connectivity index (χ2n) is 5.06. The lowest BCUT2D eigenvalue weighted by atomic mass is 10.3. The predicted octanol–water partition coefficient (Wildman–Crippen LogP) is 3.90. The van der Waals surface area contributed by atoms with Gasteiger partial charge in [-0.2, -0.15) is 9.41 Å². The van der Waals surface area contributed by atoms with E-state index >= 15 is 0 Å². The Bertz CT molecular complexity index is 923. The van der Waals surface area contributed by atoms with E-state index in [1.165, 1.54) is 27.8 Å². The van der Waals surface area contributed by atoms with Crippen LogP contribution < -0.4 is 5.43 Å². The fraction of sp³-hybridized carbons (Fsp3) is 0.267. The molecule has 2 aromatic rings. The van der Waals surface area contributed by atoms with E-state index in [-0.39, 0.29) is 29.4 Å². The van der Waals surface area contributed by atoms with Gasteiger partial charge in [0, 0.05) is 40.0 Å². The van der Waals surface area contributed by atoms with Crippen LogP contribution in [0.25, 0.3) is 0 Å². The van der Waals surface area contributed by atoms with Crippen molar-refractivity contribution in [3.63, 3.8) is 0 Å². The van der Waals surface area contributed by atoms with Gasteiger partial charge in [-0.05, 0) is 28.1 Å². The molecule has 1 N–H and O–H groups in total. The van der Waals surface area contributed by atoms with Gasteiger partial charge in [0.1, 0.15) is 4.90 Å². The smallest absolute Gasteiger partial charge is 0.270 e. The van der Waals surface area contributed by atoms with Crippen LogP contribution in [-0.4, -0.2) is 37.0 Å². The van der Waals surface area contributed by atoms with Crippen molar-refractivity contribution < 1.29 is 13.3 Å². The fourth-order valence-corrected chi connectivity index (χ4v) is 5.12. The van der Waals surface area contributed by atoms with Crippen molar-refractivity contribution in [1.82, 2.24) is 4.31 Å². The van der Waals surface area contributed by atoms with E-state index in [0.717, 1.165) is 15.4 Å². The van der Waals surface area contributed by atoms with Gasteiger partial charge in [0.2, 0.25) is 10.0 Å². The third-order valence-corrected chi connectivity index (χ3v) is 7.18. The third kappa shape index (κ3) is 4.67. The number of hydrogen-bond donors (Lipinski definition) is 1. The Labute approximate surface area is 163 Å². The number of nitrogens with zero attached hydrogens (tertiary/aromatic N) is 3. The molecule has 0 aliphatic rings. The Morgan fingerprint density at radius 2 is 2.04 bits per heavy atom. The van der Waals surface area contributed by atoms with Crippen LogP contribution in [0.4, 0.5) is 11.4 Å². The topological polar surface area (TPSA) is 105 Å². The maximum absolute atomic E-state index is 12.8. The minimum Gasteiger partial charge on any atom is -0.277 e. The summed E-state index contributed by atoms with van der Waals surface area (Å²) in [5.41, 5.74) is 2.56. The Hall–Kier alpha value is -1.82. The molecule has 0 bridgehead atoms. The minimum absolute atomic E-state index is 0.175. The monoisotopic (exact) mass is 460 g/mol. The largest absolute Gasteiger partial charge is 0.277 e. The highest BCUT2D eigenvalue weighted by Crippen LogP contribution is 2.29. The van der Waals surface area contributed by atoms with Gasteiger partial charge >= 0.3 is 0 Å². The van der Waals surface area contributed by atoms with Crippen molar-refractivity contribution in [1.29, 1.82) is 0 Å². The van der Waals surface area contributed by atoms with E-state index in [2.05, 4.69) is 26.5 Å². The molecule has 0 aliphatic carbocycles. The van der Waals surface area contributed by atoms with Gasteiger partial charge in [-0.25, -0.2) is 8.42 Å². The van der Waals surface area contributed by atoms with Crippen LogP contribution in [0.3, 0.4) is 0 Å². The van der Waals surface area contributed by atoms with E-state index in [4.69, 9.17) is 0 Å². The molecule has 1 heterocycles. The van der Waals surface area contributed by atoms with Gasteiger partial charge < -0.3 is 0 Å². The summed E-state index contributed by atoms with van der Waals surface area (Å²) in [5.74, 6) is 0. The number of nitro groups is 1. The van der Waals surface area contributed by atoms with E-state index < -0.39 is 14.9 Å². The second-order valence-corrected chi connectivity index (χ2v) is 8.83. The lowest BCUT2D eigenvalue weighted by Crippen LogP contribution is -2.31. The van der Waals surface area contributed by atoms with E-state index in [1.54, 1.807) is 20.1 Å². The summed E-state index contributed by atoms with van der Waals surface area (Å²) in [6.07, 6.45) is 1.55. The van der Waals surface area contributed by atoms with Gasteiger partial charge in [0.25, 0.3) is 5.69 Å². The second kappa shape index (κ2) is 8.71. The summed E-state index contributed by atoms with van der Waals surface area (Å²) < 4.78 is 27.8. The van der Waals surface area contributed by atoms with E-state index in [1.807, 2.05) is 11.4 Å². The summed E-state index contributed by atoms with van der Waals surface area (Å²) >= 11 is 4.80. The molecule has 8 nitrogen and oxygen atoms in total. The first-order chi connectivity index (χ1) is 12.3. The van der Waals surface area contributed by atoms with Gasteiger partial charge in [-0.3, -0.25) is 15.5 Å². The Balaban J connectivity index is 2.42. The number of thiophene rings is 1. The van der Waals surface area contributed by atoms with Crippen LogP contribution >= 0.6 is 27.3 Å².